The van der Waals surface area contributed by atoms with Crippen molar-refractivity contribution in [1.82, 2.24) is 15.5 Å². The van der Waals surface area contributed by atoms with Crippen LogP contribution in [-0.4, -0.2) is 63.4 Å². The number of urea groups is 1. The Kier molecular flexibility index (Phi) is 6.67. The molecule has 0 unspecified atom stereocenters. The van der Waals surface area contributed by atoms with Gasteiger partial charge in [0.05, 0.1) is 19.3 Å². The normalized spacial score (nSPS) is 17.0. The molecule has 0 aliphatic carbocycles. The Bertz CT molecular complexity index is 546. The second kappa shape index (κ2) is 8.54. The van der Waals surface area contributed by atoms with Crippen molar-refractivity contribution in [3.05, 3.63) is 29.8 Å². The van der Waals surface area contributed by atoms with Crippen LogP contribution in [0, 0.1) is 0 Å². The van der Waals surface area contributed by atoms with E-state index in [1.807, 2.05) is 34.9 Å². The molecule has 1 atom stereocenters. The predicted octanol–water partition coefficient (Wildman–Crippen LogP) is 2.22. The molecule has 1 aliphatic rings. The van der Waals surface area contributed by atoms with Crippen LogP contribution < -0.4 is 15.5 Å². The van der Waals surface area contributed by atoms with Crippen molar-refractivity contribution in [2.24, 2.45) is 0 Å². The molecular formula is C19H32N4O2. The summed E-state index contributed by atoms with van der Waals surface area (Å²) in [6.07, 6.45) is 0. The van der Waals surface area contributed by atoms with Crippen LogP contribution in [0.1, 0.15) is 32.4 Å². The zero-order valence-corrected chi connectivity index (χ0v) is 16.1. The highest BCUT2D eigenvalue weighted by atomic mass is 16.5. The Morgan fingerprint density at radius 3 is 2.32 bits per heavy atom. The quantitative estimate of drug-likeness (QED) is 0.857. The lowest BCUT2D eigenvalue weighted by Crippen LogP contribution is -2.49. The zero-order valence-electron chi connectivity index (χ0n) is 16.1. The van der Waals surface area contributed by atoms with Crippen LogP contribution in [-0.2, 0) is 4.74 Å². The Morgan fingerprint density at radius 1 is 1.20 bits per heavy atom. The molecule has 1 aromatic rings. The highest BCUT2D eigenvalue weighted by molar-refractivity contribution is 5.74. The van der Waals surface area contributed by atoms with Gasteiger partial charge < -0.3 is 20.3 Å². The maximum atomic E-state index is 12.1. The first kappa shape index (κ1) is 19.5. The molecule has 1 heterocycles. The fourth-order valence-corrected chi connectivity index (χ4v) is 2.92. The smallest absolute Gasteiger partial charge is 0.315 e. The molecule has 25 heavy (non-hydrogen) atoms. The molecule has 2 amide bonds. The molecule has 0 aromatic heterocycles. The van der Waals surface area contributed by atoms with E-state index >= 15 is 0 Å². The van der Waals surface area contributed by atoms with Gasteiger partial charge in [-0.1, -0.05) is 12.1 Å². The molecular weight excluding hydrogens is 316 g/mol. The molecule has 0 spiro atoms. The van der Waals surface area contributed by atoms with Crippen LogP contribution in [0.25, 0.3) is 0 Å². The first-order valence-electron chi connectivity index (χ1n) is 8.91. The second-order valence-electron chi connectivity index (χ2n) is 7.74. The first-order valence-corrected chi connectivity index (χ1v) is 8.91. The number of ether oxygens (including phenoxy) is 1. The molecule has 0 bridgehead atoms. The number of nitrogens with one attached hydrogen (secondary N) is 2. The fraction of sp³-hybridized carbons (Fsp3) is 0.632. The van der Waals surface area contributed by atoms with E-state index in [1.54, 1.807) is 0 Å². The largest absolute Gasteiger partial charge is 0.379 e. The summed E-state index contributed by atoms with van der Waals surface area (Å²) < 4.78 is 5.48. The van der Waals surface area contributed by atoms with E-state index in [2.05, 4.69) is 44.7 Å². The van der Waals surface area contributed by atoms with E-state index in [1.165, 1.54) is 11.3 Å². The van der Waals surface area contributed by atoms with E-state index in [0.717, 1.165) is 26.3 Å². The van der Waals surface area contributed by atoms with Crippen molar-refractivity contribution >= 4 is 11.7 Å². The van der Waals surface area contributed by atoms with Gasteiger partial charge in [0.15, 0.2) is 0 Å². The fourth-order valence-electron chi connectivity index (χ4n) is 2.92. The SMILES string of the molecule is CN(C)c1ccc([C@H](CNC(=O)NC(C)(C)C)N2CCOCC2)cc1. The molecule has 6 nitrogen and oxygen atoms in total. The molecule has 0 radical (unpaired) electrons. The summed E-state index contributed by atoms with van der Waals surface area (Å²) in [5.41, 5.74) is 2.14. The molecule has 0 saturated carbocycles. The maximum Gasteiger partial charge on any atom is 0.315 e. The summed E-state index contributed by atoms with van der Waals surface area (Å²) in [6.45, 7) is 9.74. The molecule has 2 rings (SSSR count). The number of amides is 2. The third-order valence-electron chi connectivity index (χ3n) is 4.23. The Hall–Kier alpha value is -1.79. The van der Waals surface area contributed by atoms with E-state index in [9.17, 15) is 4.79 Å². The van der Waals surface area contributed by atoms with Gasteiger partial charge in [0.2, 0.25) is 0 Å². The van der Waals surface area contributed by atoms with Crippen molar-refractivity contribution in [3.8, 4) is 0 Å². The number of carbonyl (C=O) groups is 1. The lowest BCUT2D eigenvalue weighted by molar-refractivity contribution is 0.0167. The van der Waals surface area contributed by atoms with Crippen LogP contribution in [0.15, 0.2) is 24.3 Å². The van der Waals surface area contributed by atoms with Crippen LogP contribution >= 0.6 is 0 Å². The Balaban J connectivity index is 2.08. The highest BCUT2D eigenvalue weighted by Gasteiger charge is 2.24. The van der Waals surface area contributed by atoms with Crippen LogP contribution in [0.4, 0.5) is 10.5 Å². The number of hydrogen-bond acceptors (Lipinski definition) is 4. The number of rotatable bonds is 5. The van der Waals surface area contributed by atoms with E-state index < -0.39 is 0 Å². The Morgan fingerprint density at radius 2 is 1.80 bits per heavy atom. The number of benzene rings is 1. The van der Waals surface area contributed by atoms with Crippen LogP contribution in [0.5, 0.6) is 0 Å². The van der Waals surface area contributed by atoms with Crippen molar-refractivity contribution < 1.29 is 9.53 Å². The van der Waals surface area contributed by atoms with E-state index in [0.29, 0.717) is 6.54 Å². The second-order valence-corrected chi connectivity index (χ2v) is 7.74. The number of carbonyl (C=O) groups excluding carboxylic acids is 1. The van der Waals surface area contributed by atoms with Crippen molar-refractivity contribution in [2.75, 3.05) is 51.8 Å². The van der Waals surface area contributed by atoms with Crippen molar-refractivity contribution in [2.45, 2.75) is 32.4 Å². The number of anilines is 1. The topological polar surface area (TPSA) is 56.8 Å². The minimum Gasteiger partial charge on any atom is -0.379 e. The maximum absolute atomic E-state index is 12.1. The minimum absolute atomic E-state index is 0.129. The van der Waals surface area contributed by atoms with Gasteiger partial charge in [-0.05, 0) is 38.5 Å². The number of morpholine rings is 1. The van der Waals surface area contributed by atoms with Gasteiger partial charge in [0.1, 0.15) is 0 Å². The van der Waals surface area contributed by atoms with Crippen LogP contribution in [0.2, 0.25) is 0 Å². The number of nitrogens with zero attached hydrogens (tertiary/aromatic N) is 2. The summed E-state index contributed by atoms with van der Waals surface area (Å²) in [4.78, 5) is 16.6. The van der Waals surface area contributed by atoms with Gasteiger partial charge in [-0.2, -0.15) is 0 Å². The molecule has 1 aromatic carbocycles. The minimum atomic E-state index is -0.244. The molecule has 1 fully saturated rings. The van der Waals surface area contributed by atoms with Gasteiger partial charge in [0.25, 0.3) is 0 Å². The molecule has 6 heteroatoms. The standard InChI is InChI=1S/C19H32N4O2/c1-19(2,3)21-18(24)20-14-17(23-10-12-25-13-11-23)15-6-8-16(9-7-15)22(4)5/h6-9,17H,10-14H2,1-5H3,(H2,20,21,24)/t17-/m0/s1. The van der Waals surface area contributed by atoms with Gasteiger partial charge >= 0.3 is 6.03 Å². The number of hydrogen-bond donors (Lipinski definition) is 2. The van der Waals surface area contributed by atoms with Gasteiger partial charge in [0, 0.05) is 45.0 Å². The molecule has 1 saturated heterocycles. The third-order valence-corrected chi connectivity index (χ3v) is 4.23. The van der Waals surface area contributed by atoms with Gasteiger partial charge in [-0.3, -0.25) is 4.90 Å². The highest BCUT2D eigenvalue weighted by Crippen LogP contribution is 2.23. The van der Waals surface area contributed by atoms with E-state index in [-0.39, 0.29) is 17.6 Å². The zero-order chi connectivity index (χ0) is 18.4. The van der Waals surface area contributed by atoms with Crippen molar-refractivity contribution in [3.63, 3.8) is 0 Å². The van der Waals surface area contributed by atoms with Crippen LogP contribution in [0.3, 0.4) is 0 Å². The van der Waals surface area contributed by atoms with Gasteiger partial charge in [-0.25, -0.2) is 4.79 Å². The summed E-state index contributed by atoms with van der Waals surface area (Å²) >= 11 is 0. The predicted molar refractivity (Wildman–Crippen MR) is 102 cm³/mol. The Labute approximate surface area is 151 Å². The molecule has 140 valence electrons. The van der Waals surface area contributed by atoms with Crippen molar-refractivity contribution in [1.29, 1.82) is 0 Å². The first-order chi connectivity index (χ1) is 11.8. The summed E-state index contributed by atoms with van der Waals surface area (Å²) in [5.74, 6) is 0. The summed E-state index contributed by atoms with van der Waals surface area (Å²) in [5, 5.41) is 5.98. The average Bonchev–Trinajstić information content (AvgIpc) is 2.55. The third kappa shape index (κ3) is 6.21. The molecule has 2 N–H and O–H groups in total. The van der Waals surface area contributed by atoms with E-state index in [4.69, 9.17) is 4.74 Å². The summed E-state index contributed by atoms with van der Waals surface area (Å²) in [6, 6.07) is 8.56. The average molecular weight is 348 g/mol. The summed E-state index contributed by atoms with van der Waals surface area (Å²) in [7, 11) is 4.07. The monoisotopic (exact) mass is 348 g/mol. The van der Waals surface area contributed by atoms with Gasteiger partial charge in [-0.15, -0.1) is 0 Å². The molecule has 1 aliphatic heterocycles. The lowest BCUT2D eigenvalue weighted by atomic mass is 10.0. The lowest BCUT2D eigenvalue weighted by Gasteiger charge is -2.35.